The van der Waals surface area contributed by atoms with E-state index < -0.39 is 5.97 Å². The minimum atomic E-state index is -0.686. The van der Waals surface area contributed by atoms with Crippen LogP contribution in [0.4, 0.5) is 4.39 Å². The molecule has 1 saturated heterocycles. The van der Waals surface area contributed by atoms with Crippen LogP contribution < -0.4 is 0 Å². The predicted octanol–water partition coefficient (Wildman–Crippen LogP) is 6.11. The molecule has 2 heterocycles. The minimum absolute atomic E-state index is 0.221. The molecule has 1 aromatic heterocycles. The molecule has 2 N–H and O–H groups in total. The normalized spacial score (nSPS) is 21.7. The summed E-state index contributed by atoms with van der Waals surface area (Å²) in [6.07, 6.45) is 5.91. The Morgan fingerprint density at radius 3 is 2.47 bits per heavy atom. The summed E-state index contributed by atoms with van der Waals surface area (Å²) < 4.78 is 22.1. The van der Waals surface area contributed by atoms with Crippen molar-refractivity contribution in [2.45, 2.75) is 57.8 Å². The average Bonchev–Trinajstić information content (AvgIpc) is 3.15. The standard InChI is InChI=1S/C28H32FNO4/c1-17-14-21(6-8-25(17)29)30-26-9-7-22(31)16-23(26)24(27(30)19-10-12-34-13-11-19)15-18-2-4-20(5-3-18)28(32)33/h6-9,14,16,18-20,31H,2-5,10-13,15H2,1H3,(H,32,33)/t18-,20-. The summed E-state index contributed by atoms with van der Waals surface area (Å²) in [6.45, 7) is 3.21. The smallest absolute Gasteiger partial charge is 0.306 e. The lowest BCUT2D eigenvalue weighted by molar-refractivity contribution is -0.143. The van der Waals surface area contributed by atoms with Crippen LogP contribution in [0.2, 0.25) is 0 Å². The van der Waals surface area contributed by atoms with Crippen LogP contribution in [-0.4, -0.2) is 34.0 Å². The summed E-state index contributed by atoms with van der Waals surface area (Å²) in [6, 6.07) is 10.8. The number of phenolic OH excluding ortho intramolecular Hbond substituents is 1. The molecule has 34 heavy (non-hydrogen) atoms. The van der Waals surface area contributed by atoms with Gasteiger partial charge in [0.05, 0.1) is 11.4 Å². The summed E-state index contributed by atoms with van der Waals surface area (Å²) >= 11 is 0. The van der Waals surface area contributed by atoms with E-state index >= 15 is 0 Å². The van der Waals surface area contributed by atoms with Gasteiger partial charge in [0.2, 0.25) is 0 Å². The monoisotopic (exact) mass is 465 g/mol. The van der Waals surface area contributed by atoms with Crippen molar-refractivity contribution in [1.29, 1.82) is 0 Å². The van der Waals surface area contributed by atoms with E-state index in [9.17, 15) is 19.4 Å². The Kier molecular flexibility index (Phi) is 6.34. The molecule has 0 atom stereocenters. The van der Waals surface area contributed by atoms with Crippen LogP contribution in [0, 0.1) is 24.6 Å². The zero-order valence-electron chi connectivity index (χ0n) is 19.6. The summed E-state index contributed by atoms with van der Waals surface area (Å²) in [4.78, 5) is 11.4. The molecule has 1 aliphatic heterocycles. The van der Waals surface area contributed by atoms with Crippen molar-refractivity contribution in [2.24, 2.45) is 11.8 Å². The van der Waals surface area contributed by atoms with Crippen LogP contribution in [0.5, 0.6) is 5.75 Å². The first-order chi connectivity index (χ1) is 16.4. The van der Waals surface area contributed by atoms with Gasteiger partial charge in [-0.25, -0.2) is 4.39 Å². The van der Waals surface area contributed by atoms with Gasteiger partial charge in [-0.3, -0.25) is 4.79 Å². The van der Waals surface area contributed by atoms with Crippen molar-refractivity contribution in [2.75, 3.05) is 13.2 Å². The van der Waals surface area contributed by atoms with E-state index in [0.29, 0.717) is 43.5 Å². The van der Waals surface area contributed by atoms with Crippen LogP contribution >= 0.6 is 0 Å². The molecule has 2 aliphatic rings. The van der Waals surface area contributed by atoms with Crippen molar-refractivity contribution in [3.63, 3.8) is 0 Å². The minimum Gasteiger partial charge on any atom is -0.508 e. The third-order valence-electron chi connectivity index (χ3n) is 7.79. The van der Waals surface area contributed by atoms with Gasteiger partial charge in [-0.2, -0.15) is 0 Å². The van der Waals surface area contributed by atoms with Crippen molar-refractivity contribution in [3.8, 4) is 11.4 Å². The number of rotatable bonds is 5. The first-order valence-electron chi connectivity index (χ1n) is 12.4. The summed E-state index contributed by atoms with van der Waals surface area (Å²) in [5.41, 5.74) is 5.01. The van der Waals surface area contributed by atoms with Crippen LogP contribution in [0.25, 0.3) is 16.6 Å². The Morgan fingerprint density at radius 2 is 1.79 bits per heavy atom. The SMILES string of the molecule is Cc1cc(-n2c(C3CCOCC3)c(C[C@H]3CC[C@H](C(=O)O)CC3)c3cc(O)ccc32)ccc1F. The number of ether oxygens (including phenoxy) is 1. The molecular weight excluding hydrogens is 433 g/mol. The Morgan fingerprint density at radius 1 is 1.06 bits per heavy atom. The molecule has 180 valence electrons. The quantitative estimate of drug-likeness (QED) is 0.477. The molecule has 0 unspecified atom stereocenters. The van der Waals surface area contributed by atoms with Crippen LogP contribution in [0.1, 0.15) is 61.3 Å². The second-order valence-corrected chi connectivity index (χ2v) is 9.98. The van der Waals surface area contributed by atoms with Crippen LogP contribution in [-0.2, 0) is 16.0 Å². The Hall–Kier alpha value is -2.86. The van der Waals surface area contributed by atoms with Crippen molar-refractivity contribution in [3.05, 3.63) is 59.0 Å². The second-order valence-electron chi connectivity index (χ2n) is 9.98. The lowest BCUT2D eigenvalue weighted by Gasteiger charge is -2.29. The van der Waals surface area contributed by atoms with Gasteiger partial charge in [-0.15, -0.1) is 0 Å². The maximum atomic E-state index is 14.1. The molecule has 0 radical (unpaired) electrons. The highest BCUT2D eigenvalue weighted by atomic mass is 19.1. The highest BCUT2D eigenvalue weighted by Crippen LogP contribution is 2.42. The number of aromatic nitrogens is 1. The van der Waals surface area contributed by atoms with E-state index in [1.807, 2.05) is 24.3 Å². The summed E-state index contributed by atoms with van der Waals surface area (Å²) in [7, 11) is 0. The van der Waals surface area contributed by atoms with E-state index in [0.717, 1.165) is 48.7 Å². The highest BCUT2D eigenvalue weighted by Gasteiger charge is 2.31. The fraction of sp³-hybridized carbons (Fsp3) is 0.464. The fourth-order valence-corrected chi connectivity index (χ4v) is 5.93. The van der Waals surface area contributed by atoms with E-state index in [1.54, 1.807) is 13.0 Å². The number of nitrogens with zero attached hydrogens (tertiary/aromatic N) is 1. The summed E-state index contributed by atoms with van der Waals surface area (Å²) in [5, 5.41) is 20.8. The average molecular weight is 466 g/mol. The number of hydrogen-bond acceptors (Lipinski definition) is 3. The van der Waals surface area contributed by atoms with Crippen LogP contribution in [0.3, 0.4) is 0 Å². The number of phenols is 1. The zero-order valence-corrected chi connectivity index (χ0v) is 19.6. The molecule has 0 bridgehead atoms. The largest absolute Gasteiger partial charge is 0.508 e. The van der Waals surface area contributed by atoms with Crippen molar-refractivity contribution >= 4 is 16.9 Å². The van der Waals surface area contributed by atoms with Crippen molar-refractivity contribution < 1.29 is 24.1 Å². The predicted molar refractivity (Wildman–Crippen MR) is 129 cm³/mol. The molecule has 5 nitrogen and oxygen atoms in total. The van der Waals surface area contributed by atoms with Gasteiger partial charge in [-0.1, -0.05) is 0 Å². The molecule has 5 rings (SSSR count). The van der Waals surface area contributed by atoms with Crippen LogP contribution in [0.15, 0.2) is 36.4 Å². The number of carboxylic acid groups (broad SMARTS) is 1. The van der Waals surface area contributed by atoms with E-state index in [2.05, 4.69) is 4.57 Å². The number of aryl methyl sites for hydroxylation is 1. The number of aliphatic carboxylic acids is 1. The first kappa shape index (κ1) is 22.9. The van der Waals surface area contributed by atoms with E-state index in [1.165, 1.54) is 17.3 Å². The molecular formula is C28H32FNO4. The lowest BCUT2D eigenvalue weighted by atomic mass is 9.78. The molecule has 2 fully saturated rings. The topological polar surface area (TPSA) is 71.7 Å². The van der Waals surface area contributed by atoms with Gasteiger partial charge < -0.3 is 19.5 Å². The maximum absolute atomic E-state index is 14.1. The van der Waals surface area contributed by atoms with Gasteiger partial charge in [0, 0.05) is 35.9 Å². The third kappa shape index (κ3) is 4.31. The number of benzene rings is 2. The first-order valence-corrected chi connectivity index (χ1v) is 12.4. The second kappa shape index (κ2) is 9.41. The Balaban J connectivity index is 1.64. The molecule has 1 aliphatic carbocycles. The molecule has 6 heteroatoms. The number of halogens is 1. The van der Waals surface area contributed by atoms with E-state index in [4.69, 9.17) is 4.74 Å². The summed E-state index contributed by atoms with van der Waals surface area (Å²) in [5.74, 6) is -0.201. The molecule has 0 spiro atoms. The van der Waals surface area contributed by atoms with E-state index in [-0.39, 0.29) is 17.5 Å². The zero-order chi connectivity index (χ0) is 23.8. The van der Waals surface area contributed by atoms with Crippen molar-refractivity contribution in [1.82, 2.24) is 4.57 Å². The third-order valence-corrected chi connectivity index (χ3v) is 7.79. The van der Waals surface area contributed by atoms with Gasteiger partial charge in [-0.05, 0) is 105 Å². The maximum Gasteiger partial charge on any atom is 0.306 e. The Labute approximate surface area is 199 Å². The van der Waals surface area contributed by atoms with Gasteiger partial charge in [0.1, 0.15) is 11.6 Å². The molecule has 1 saturated carbocycles. The number of aromatic hydroxyl groups is 1. The molecule has 0 amide bonds. The number of hydrogen-bond donors (Lipinski definition) is 2. The van der Waals surface area contributed by atoms with Gasteiger partial charge in [0.15, 0.2) is 0 Å². The molecule has 2 aromatic carbocycles. The fourth-order valence-electron chi connectivity index (χ4n) is 5.93. The molecule has 3 aromatic rings. The number of carbonyl (C=O) groups is 1. The number of fused-ring (bicyclic) bond motifs is 1. The Bertz CT molecular complexity index is 1200. The van der Waals surface area contributed by atoms with Gasteiger partial charge in [0.25, 0.3) is 0 Å². The highest BCUT2D eigenvalue weighted by molar-refractivity contribution is 5.89. The van der Waals surface area contributed by atoms with Gasteiger partial charge >= 0.3 is 5.97 Å². The number of carboxylic acids is 1. The lowest BCUT2D eigenvalue weighted by Crippen LogP contribution is -2.23.